The molecule has 1 aliphatic heterocycles. The third-order valence-electron chi connectivity index (χ3n) is 8.19. The van der Waals surface area contributed by atoms with E-state index in [2.05, 4.69) is 138 Å². The molecule has 0 saturated heterocycles. The summed E-state index contributed by atoms with van der Waals surface area (Å²) in [6.07, 6.45) is 1.88. The smallest absolute Gasteiger partial charge is 0.509 e. The van der Waals surface area contributed by atoms with Gasteiger partial charge in [-0.15, -0.1) is 35.7 Å². The molecule has 0 fully saturated rings. The summed E-state index contributed by atoms with van der Waals surface area (Å²) in [5, 5.41) is 2.24. The van der Waals surface area contributed by atoms with Gasteiger partial charge in [-0.25, -0.2) is 4.98 Å². The van der Waals surface area contributed by atoms with E-state index < -0.39 is 0 Å². The van der Waals surface area contributed by atoms with Gasteiger partial charge in [-0.1, -0.05) is 65.8 Å². The van der Waals surface area contributed by atoms with Crippen molar-refractivity contribution in [1.82, 2.24) is 9.55 Å². The van der Waals surface area contributed by atoms with E-state index in [1.807, 2.05) is 24.4 Å². The predicted octanol–water partition coefficient (Wildman–Crippen LogP) is 9.09. The van der Waals surface area contributed by atoms with Gasteiger partial charge in [0.05, 0.1) is 18.0 Å². The minimum absolute atomic E-state index is 0. The Labute approximate surface area is 271 Å². The van der Waals surface area contributed by atoms with Gasteiger partial charge in [-0.3, -0.25) is 0 Å². The Morgan fingerprint density at radius 3 is 2.39 bits per heavy atom. The summed E-state index contributed by atoms with van der Waals surface area (Å²) in [5.74, 6) is 2.10. The van der Waals surface area contributed by atoms with Crippen molar-refractivity contribution in [1.29, 1.82) is 0 Å². The van der Waals surface area contributed by atoms with Crippen molar-refractivity contribution in [3.63, 3.8) is 0 Å². The molecule has 0 spiro atoms. The van der Waals surface area contributed by atoms with Gasteiger partial charge in [-0.05, 0) is 59.3 Å². The summed E-state index contributed by atoms with van der Waals surface area (Å²) >= 11 is 0. The number of para-hydroxylation sites is 3. The first-order valence-corrected chi connectivity index (χ1v) is 14.4. The summed E-state index contributed by atoms with van der Waals surface area (Å²) < 4.78 is 8.59. The zero-order valence-corrected chi connectivity index (χ0v) is 26.5. The molecule has 8 rings (SSSR count). The summed E-state index contributed by atoms with van der Waals surface area (Å²) in [4.78, 5) is 9.30. The van der Waals surface area contributed by atoms with E-state index in [0.717, 1.165) is 51.2 Å². The Morgan fingerprint density at radius 2 is 1.50 bits per heavy atom. The maximum absolute atomic E-state index is 6.41. The van der Waals surface area contributed by atoms with Gasteiger partial charge in [-0.2, -0.15) is 12.1 Å². The van der Waals surface area contributed by atoms with E-state index in [1.165, 1.54) is 16.8 Å². The summed E-state index contributed by atoms with van der Waals surface area (Å²) in [7, 11) is 2.11. The topological polar surface area (TPSA) is 33.5 Å². The van der Waals surface area contributed by atoms with Crippen LogP contribution in [0.25, 0.3) is 38.8 Å². The number of benzene rings is 5. The van der Waals surface area contributed by atoms with E-state index in [9.17, 15) is 0 Å². The first-order valence-electron chi connectivity index (χ1n) is 14.4. The molecular formula is C38H28N4OPt. The SMILES string of the molecule is Cc1ccccc1-c1ccnc(-n2c3[c-]c(Oc4[c-]c(N5CN(C)c6ccccc65)ccc4)ccc3c3ccccc32)c1.[Pt+2]. The average molecular weight is 752 g/mol. The molecule has 0 radical (unpaired) electrons. The minimum Gasteiger partial charge on any atom is -0.509 e. The molecule has 216 valence electrons. The van der Waals surface area contributed by atoms with Crippen molar-refractivity contribution in [2.24, 2.45) is 0 Å². The third-order valence-corrected chi connectivity index (χ3v) is 8.19. The van der Waals surface area contributed by atoms with Gasteiger partial charge in [0.25, 0.3) is 0 Å². The number of anilines is 3. The Kier molecular flexibility index (Phi) is 7.19. The third kappa shape index (κ3) is 4.74. The van der Waals surface area contributed by atoms with Crippen LogP contribution in [0.2, 0.25) is 0 Å². The summed E-state index contributed by atoms with van der Waals surface area (Å²) in [6.45, 7) is 2.89. The first-order chi connectivity index (χ1) is 21.1. The fourth-order valence-corrected chi connectivity index (χ4v) is 6.13. The zero-order chi connectivity index (χ0) is 28.9. The number of nitrogens with zero attached hydrogens (tertiary/aromatic N) is 4. The molecule has 44 heavy (non-hydrogen) atoms. The van der Waals surface area contributed by atoms with Crippen LogP contribution in [-0.2, 0) is 21.1 Å². The van der Waals surface area contributed by atoms with Crippen molar-refractivity contribution < 1.29 is 25.8 Å². The molecule has 3 heterocycles. The van der Waals surface area contributed by atoms with Crippen LogP contribution in [0.5, 0.6) is 11.5 Å². The molecule has 0 atom stereocenters. The van der Waals surface area contributed by atoms with Crippen molar-refractivity contribution >= 4 is 38.9 Å². The average Bonchev–Trinajstić information content (AvgIpc) is 3.56. The number of fused-ring (bicyclic) bond motifs is 4. The molecule has 5 aromatic carbocycles. The normalized spacial score (nSPS) is 12.4. The quantitative estimate of drug-likeness (QED) is 0.165. The van der Waals surface area contributed by atoms with Crippen LogP contribution in [0, 0.1) is 19.1 Å². The predicted molar refractivity (Wildman–Crippen MR) is 175 cm³/mol. The molecule has 2 aromatic heterocycles. The fraction of sp³-hybridized carbons (Fsp3) is 0.0789. The molecule has 0 amide bonds. The van der Waals surface area contributed by atoms with Gasteiger partial charge in [0.1, 0.15) is 5.82 Å². The van der Waals surface area contributed by atoms with E-state index in [4.69, 9.17) is 9.72 Å². The maximum atomic E-state index is 6.41. The van der Waals surface area contributed by atoms with Gasteiger partial charge < -0.3 is 19.1 Å². The second-order valence-corrected chi connectivity index (χ2v) is 10.9. The minimum atomic E-state index is 0. The van der Waals surface area contributed by atoms with E-state index in [0.29, 0.717) is 11.5 Å². The second-order valence-electron chi connectivity index (χ2n) is 10.9. The number of pyridine rings is 1. The van der Waals surface area contributed by atoms with Crippen molar-refractivity contribution in [3.8, 4) is 28.4 Å². The summed E-state index contributed by atoms with van der Waals surface area (Å²) in [6, 6.07) is 46.7. The van der Waals surface area contributed by atoms with E-state index in [1.54, 1.807) is 0 Å². The van der Waals surface area contributed by atoms with Crippen LogP contribution < -0.4 is 14.5 Å². The van der Waals surface area contributed by atoms with Crippen LogP contribution in [0.3, 0.4) is 0 Å². The number of ether oxygens (including phenoxy) is 1. The van der Waals surface area contributed by atoms with Gasteiger partial charge >= 0.3 is 21.1 Å². The maximum Gasteiger partial charge on any atom is 2.00 e. The number of hydrogen-bond acceptors (Lipinski definition) is 4. The summed E-state index contributed by atoms with van der Waals surface area (Å²) in [5.41, 5.74) is 8.87. The van der Waals surface area contributed by atoms with Crippen LogP contribution in [-0.4, -0.2) is 23.3 Å². The second kappa shape index (κ2) is 11.3. The molecule has 1 aliphatic rings. The molecule has 7 aromatic rings. The van der Waals surface area contributed by atoms with Crippen molar-refractivity contribution in [2.75, 3.05) is 23.5 Å². The molecule has 0 bridgehead atoms. The van der Waals surface area contributed by atoms with Crippen LogP contribution in [0.4, 0.5) is 17.1 Å². The number of aryl methyl sites for hydroxylation is 1. The standard InChI is InChI=1S/C38H28N4O.Pt/c1-26-10-3-4-13-31(26)27-20-21-39-38(22-27)42-34-15-6-5-14-32(34)33-19-18-30(24-37(33)42)43-29-12-9-11-28(23-29)41-25-40(2)35-16-7-8-17-36(35)41;/h3-22H,25H2,1-2H3;/q-2;+2. The monoisotopic (exact) mass is 751 g/mol. The number of rotatable bonds is 5. The van der Waals surface area contributed by atoms with E-state index >= 15 is 0 Å². The number of hydrogen-bond donors (Lipinski definition) is 0. The van der Waals surface area contributed by atoms with Crippen LogP contribution in [0.1, 0.15) is 5.56 Å². The Hall–Kier alpha value is -4.86. The van der Waals surface area contributed by atoms with Crippen molar-refractivity contribution in [3.05, 3.63) is 139 Å². The molecule has 0 aliphatic carbocycles. The fourth-order valence-electron chi connectivity index (χ4n) is 6.13. The molecular weight excluding hydrogens is 724 g/mol. The first kappa shape index (κ1) is 27.9. The van der Waals surface area contributed by atoms with Gasteiger partial charge in [0.2, 0.25) is 0 Å². The zero-order valence-electron chi connectivity index (χ0n) is 24.3. The molecule has 5 nitrogen and oxygen atoms in total. The van der Waals surface area contributed by atoms with Crippen molar-refractivity contribution in [2.45, 2.75) is 6.92 Å². The largest absolute Gasteiger partial charge is 2.00 e. The number of aromatic nitrogens is 2. The van der Waals surface area contributed by atoms with Gasteiger partial charge in [0, 0.05) is 30.3 Å². The van der Waals surface area contributed by atoms with Crippen LogP contribution in [0.15, 0.2) is 121 Å². The van der Waals surface area contributed by atoms with Gasteiger partial charge in [0.15, 0.2) is 0 Å². The Balaban J connectivity index is 0.00000312. The molecule has 6 heteroatoms. The molecule has 0 unspecified atom stereocenters. The molecule has 0 saturated carbocycles. The van der Waals surface area contributed by atoms with Crippen LogP contribution >= 0.6 is 0 Å². The molecule has 0 N–H and O–H groups in total. The Bertz CT molecular complexity index is 2150. The van der Waals surface area contributed by atoms with E-state index in [-0.39, 0.29) is 21.1 Å². The Morgan fingerprint density at radius 1 is 0.727 bits per heavy atom.